The first-order chi connectivity index (χ1) is 22.3. The molecule has 1 aromatic rings. The van der Waals surface area contributed by atoms with Crippen molar-refractivity contribution in [2.24, 2.45) is 22.9 Å². The fraction of sp³-hybridized carbons (Fsp3) is 0.732. The van der Waals surface area contributed by atoms with Gasteiger partial charge >= 0.3 is 0 Å². The molecule has 1 amide bonds. The van der Waals surface area contributed by atoms with Crippen LogP contribution in [0.3, 0.4) is 0 Å². The van der Waals surface area contributed by atoms with Gasteiger partial charge in [-0.15, -0.1) is 0 Å². The van der Waals surface area contributed by atoms with Crippen molar-refractivity contribution in [1.29, 1.82) is 0 Å². The molecule has 0 saturated heterocycles. The van der Waals surface area contributed by atoms with Gasteiger partial charge in [0.25, 0.3) is 0 Å². The van der Waals surface area contributed by atoms with Crippen molar-refractivity contribution in [2.75, 3.05) is 13.7 Å². The third kappa shape index (κ3) is 26.2. The van der Waals surface area contributed by atoms with Gasteiger partial charge in [0.15, 0.2) is 0 Å². The molecule has 0 bridgehead atoms. The predicted octanol–water partition coefficient (Wildman–Crippen LogP) is 11.3. The first-order valence-electron chi connectivity index (χ1n) is 18.6. The first-order valence-corrected chi connectivity index (χ1v) is 18.6. The summed E-state index contributed by atoms with van der Waals surface area (Å²) in [5.41, 5.74) is 3.45. The zero-order chi connectivity index (χ0) is 36.1. The van der Waals surface area contributed by atoms with Crippen LogP contribution in [-0.2, 0) is 25.6 Å². The number of aryl methyl sites for hydroxylation is 1. The molecule has 0 aliphatic rings. The summed E-state index contributed by atoms with van der Waals surface area (Å²) >= 11 is 0. The number of rotatable bonds is 22. The highest BCUT2D eigenvalue weighted by atomic mass is 16.6. The average Bonchev–Trinajstić information content (AvgIpc) is 3.05. The van der Waals surface area contributed by atoms with Crippen molar-refractivity contribution in [3.05, 3.63) is 47.7 Å². The highest BCUT2D eigenvalue weighted by Gasteiger charge is 2.18. The van der Waals surface area contributed by atoms with Crippen molar-refractivity contribution in [3.8, 4) is 0 Å². The van der Waals surface area contributed by atoms with Crippen LogP contribution in [0.15, 0.2) is 41.8 Å². The number of hydrogen-bond acceptors (Lipinski definition) is 5. The Labute approximate surface area is 290 Å². The number of ether oxygens (including phenoxy) is 1. The molecule has 1 N–H and O–H groups in total. The van der Waals surface area contributed by atoms with Crippen LogP contribution in [0.25, 0.3) is 0 Å². The van der Waals surface area contributed by atoms with Crippen molar-refractivity contribution in [1.82, 2.24) is 5.32 Å². The normalized spacial score (nSPS) is 13.2. The van der Waals surface area contributed by atoms with Crippen molar-refractivity contribution < 1.29 is 19.2 Å². The first kappa shape index (κ1) is 46.6. The van der Waals surface area contributed by atoms with E-state index in [1.165, 1.54) is 63.9 Å². The topological polar surface area (TPSA) is 77.0 Å². The van der Waals surface area contributed by atoms with E-state index in [1.807, 2.05) is 20.8 Å². The van der Waals surface area contributed by atoms with E-state index < -0.39 is 0 Å². The molecule has 0 fully saturated rings. The molecule has 0 aliphatic heterocycles. The van der Waals surface area contributed by atoms with Gasteiger partial charge in [-0.1, -0.05) is 129 Å². The maximum absolute atomic E-state index is 12.6. The van der Waals surface area contributed by atoms with Crippen molar-refractivity contribution >= 4 is 17.9 Å². The zero-order valence-corrected chi connectivity index (χ0v) is 32.5. The zero-order valence-electron chi connectivity index (χ0n) is 32.5. The Morgan fingerprint density at radius 1 is 0.894 bits per heavy atom. The smallest absolute Gasteiger partial charge is 0.223 e. The Bertz CT molecular complexity index is 949. The lowest BCUT2D eigenvalue weighted by atomic mass is 9.93. The number of benzene rings is 1. The average molecular weight is 659 g/mol. The molecular weight excluding hydrogens is 584 g/mol. The van der Waals surface area contributed by atoms with E-state index in [0.717, 1.165) is 56.1 Å². The lowest BCUT2D eigenvalue weighted by Gasteiger charge is -2.17. The Hall–Kier alpha value is -2.47. The van der Waals surface area contributed by atoms with E-state index >= 15 is 0 Å². The number of amides is 1. The number of aldehydes is 1. The molecule has 0 radical (unpaired) electrons. The third-order valence-electron chi connectivity index (χ3n) is 8.56. The van der Waals surface area contributed by atoms with E-state index in [2.05, 4.69) is 82.9 Å². The minimum Gasteiger partial charge on any atom is -0.379 e. The summed E-state index contributed by atoms with van der Waals surface area (Å²) in [4.78, 5) is 27.1. The number of carbonyl (C=O) groups excluding carboxylic acids is 2. The molecule has 272 valence electrons. The molecule has 6 heteroatoms. The van der Waals surface area contributed by atoms with E-state index in [0.29, 0.717) is 11.7 Å². The van der Waals surface area contributed by atoms with Gasteiger partial charge < -0.3 is 19.7 Å². The number of methoxy groups -OCH3 is 1. The van der Waals surface area contributed by atoms with Crippen LogP contribution in [0, 0.1) is 17.8 Å². The molecular formula is C41H74N2O4. The summed E-state index contributed by atoms with van der Waals surface area (Å²) in [7, 11) is 1.71. The van der Waals surface area contributed by atoms with Crippen LogP contribution in [0.5, 0.6) is 0 Å². The molecule has 6 nitrogen and oxygen atoms in total. The molecule has 47 heavy (non-hydrogen) atoms. The second-order valence-electron chi connectivity index (χ2n) is 13.8. The minimum atomic E-state index is 0.0417. The Kier molecular flexibility index (Phi) is 29.4. The van der Waals surface area contributed by atoms with Crippen LogP contribution in [0.1, 0.15) is 164 Å². The number of nitrogens with zero attached hydrogens (tertiary/aromatic N) is 1. The molecule has 0 aliphatic carbocycles. The molecule has 0 spiro atoms. The second kappa shape index (κ2) is 29.7. The largest absolute Gasteiger partial charge is 0.379 e. The number of hydrogen-bond donors (Lipinski definition) is 1. The van der Waals surface area contributed by atoms with Crippen LogP contribution in [0.4, 0.5) is 0 Å². The highest BCUT2D eigenvalue weighted by molar-refractivity contribution is 6.01. The number of oxime groups is 1. The quantitative estimate of drug-likeness (QED) is 0.0442. The molecule has 3 atom stereocenters. The predicted molar refractivity (Wildman–Crippen MR) is 203 cm³/mol. The van der Waals surface area contributed by atoms with E-state index in [-0.39, 0.29) is 29.9 Å². The van der Waals surface area contributed by atoms with E-state index in [9.17, 15) is 4.79 Å². The van der Waals surface area contributed by atoms with Gasteiger partial charge in [0.05, 0.1) is 17.9 Å². The fourth-order valence-electron chi connectivity index (χ4n) is 4.61. The number of unbranched alkanes of at least 4 members (excludes halogenated alkanes) is 7. The molecule has 2 unspecified atom stereocenters. The third-order valence-corrected chi connectivity index (χ3v) is 8.56. The van der Waals surface area contributed by atoms with Gasteiger partial charge in [-0.25, -0.2) is 0 Å². The Morgan fingerprint density at radius 3 is 1.89 bits per heavy atom. The summed E-state index contributed by atoms with van der Waals surface area (Å²) in [5, 5.41) is 7.49. The van der Waals surface area contributed by atoms with Crippen molar-refractivity contribution in [3.63, 3.8) is 0 Å². The summed E-state index contributed by atoms with van der Waals surface area (Å²) in [5.74, 6) is 1.50. The lowest BCUT2D eigenvalue weighted by molar-refractivity contribution is -0.125. The lowest BCUT2D eigenvalue weighted by Crippen LogP contribution is -2.32. The highest BCUT2D eigenvalue weighted by Crippen LogP contribution is 2.19. The van der Waals surface area contributed by atoms with Crippen LogP contribution >= 0.6 is 0 Å². The number of carbonyl (C=O) groups is 2. The minimum absolute atomic E-state index is 0.0417. The molecule has 1 aromatic carbocycles. The van der Waals surface area contributed by atoms with Crippen LogP contribution in [0.2, 0.25) is 0 Å². The number of nitrogens with one attached hydrogen (secondary N) is 1. The standard InChI is InChI=1S/C34H58N2O2.C5H12O.C2H4O/c1-8-12-13-14-15-16-17-18-19-30-21-24-32(25-22-30)33(28(6)10-3)36-38-29(7)26-35-34(37)31(11-4)23-20-27(5)9-2;1-5(2,3)6-4;1-2-3/h21-22,24-25,27-28,31H,7-20,23,26H2,1-6H3,(H,35,37);1-4H3;2H,1H3/b36-33+;;/t27?,28?,31-;;/m1../s1. The monoisotopic (exact) mass is 659 g/mol. The summed E-state index contributed by atoms with van der Waals surface area (Å²) in [6.07, 6.45) is 17.6. The summed E-state index contributed by atoms with van der Waals surface area (Å²) in [6, 6.07) is 8.80. The Balaban J connectivity index is 0. The maximum Gasteiger partial charge on any atom is 0.223 e. The van der Waals surface area contributed by atoms with Crippen LogP contribution < -0.4 is 5.32 Å². The fourth-order valence-corrected chi connectivity index (χ4v) is 4.61. The van der Waals surface area contributed by atoms with Gasteiger partial charge in [-0.05, 0) is 83.3 Å². The molecule has 0 aromatic heterocycles. The molecule has 0 saturated carbocycles. The summed E-state index contributed by atoms with van der Waals surface area (Å²) in [6.45, 7) is 24.9. The van der Waals surface area contributed by atoms with E-state index in [4.69, 9.17) is 14.4 Å². The maximum atomic E-state index is 12.6. The van der Waals surface area contributed by atoms with Crippen LogP contribution in [-0.4, -0.2) is 37.2 Å². The molecule has 1 rings (SSSR count). The van der Waals surface area contributed by atoms with Crippen molar-refractivity contribution in [2.45, 2.75) is 165 Å². The van der Waals surface area contributed by atoms with Gasteiger partial charge in [0, 0.05) is 18.9 Å². The van der Waals surface area contributed by atoms with Gasteiger partial charge in [-0.2, -0.15) is 0 Å². The second-order valence-corrected chi connectivity index (χ2v) is 13.8. The van der Waals surface area contributed by atoms with Gasteiger partial charge in [0.1, 0.15) is 12.0 Å². The molecule has 0 heterocycles. The summed E-state index contributed by atoms with van der Waals surface area (Å²) < 4.78 is 4.94. The van der Waals surface area contributed by atoms with E-state index in [1.54, 1.807) is 7.11 Å². The SMILES string of the molecule is C=C(CNC(=O)[C@H](CC)CCC(C)CC)O/N=C(/c1ccc(CCCCCCCCCC)cc1)C(C)CC.CC=O.COC(C)(C)C. The van der Waals surface area contributed by atoms with Gasteiger partial charge in [0.2, 0.25) is 5.91 Å². The van der Waals surface area contributed by atoms with Gasteiger partial charge in [-0.3, -0.25) is 4.79 Å². The Morgan fingerprint density at radius 2 is 1.43 bits per heavy atom.